The molecule has 0 aromatic heterocycles. The molecule has 1 amide bonds. The van der Waals surface area contributed by atoms with Gasteiger partial charge in [-0.25, -0.2) is 0 Å². The summed E-state index contributed by atoms with van der Waals surface area (Å²) < 4.78 is 5.72. The van der Waals surface area contributed by atoms with Gasteiger partial charge in [-0.2, -0.15) is 0 Å². The van der Waals surface area contributed by atoms with Gasteiger partial charge in [0.2, 0.25) is 0 Å². The molecule has 0 saturated heterocycles. The van der Waals surface area contributed by atoms with Crippen molar-refractivity contribution in [1.82, 2.24) is 0 Å². The SMILES string of the molecule is CCC(Oc1cc(Cl)ccc1Cl)C(=O)Nc1ccc(C(C)CC(=O)O)cc1. The van der Waals surface area contributed by atoms with Gasteiger partial charge in [-0.05, 0) is 42.2 Å². The zero-order chi connectivity index (χ0) is 20.0. The Morgan fingerprint density at radius 1 is 1.15 bits per heavy atom. The summed E-state index contributed by atoms with van der Waals surface area (Å²) in [5.41, 5.74) is 1.50. The van der Waals surface area contributed by atoms with Gasteiger partial charge in [0.1, 0.15) is 5.75 Å². The molecule has 144 valence electrons. The van der Waals surface area contributed by atoms with Crippen molar-refractivity contribution in [1.29, 1.82) is 0 Å². The highest BCUT2D eigenvalue weighted by Gasteiger charge is 2.20. The summed E-state index contributed by atoms with van der Waals surface area (Å²) in [5.74, 6) is -0.907. The van der Waals surface area contributed by atoms with Gasteiger partial charge in [0, 0.05) is 16.8 Å². The lowest BCUT2D eigenvalue weighted by molar-refractivity contribution is -0.137. The Morgan fingerprint density at radius 3 is 2.41 bits per heavy atom. The molecule has 0 aliphatic carbocycles. The first-order chi connectivity index (χ1) is 12.8. The number of benzene rings is 2. The minimum Gasteiger partial charge on any atom is -0.481 e. The normalized spacial score (nSPS) is 12.9. The number of rotatable bonds is 8. The summed E-state index contributed by atoms with van der Waals surface area (Å²) in [4.78, 5) is 23.3. The molecule has 27 heavy (non-hydrogen) atoms. The summed E-state index contributed by atoms with van der Waals surface area (Å²) in [7, 11) is 0. The van der Waals surface area contributed by atoms with E-state index in [1.807, 2.05) is 13.8 Å². The Balaban J connectivity index is 2.03. The van der Waals surface area contributed by atoms with Crippen molar-refractivity contribution in [2.75, 3.05) is 5.32 Å². The van der Waals surface area contributed by atoms with E-state index in [9.17, 15) is 9.59 Å². The summed E-state index contributed by atoms with van der Waals surface area (Å²) >= 11 is 12.0. The number of ether oxygens (including phenoxy) is 1. The van der Waals surface area contributed by atoms with Crippen molar-refractivity contribution >= 4 is 40.8 Å². The van der Waals surface area contributed by atoms with Crippen LogP contribution < -0.4 is 10.1 Å². The van der Waals surface area contributed by atoms with Crippen LogP contribution in [0.2, 0.25) is 10.0 Å². The van der Waals surface area contributed by atoms with E-state index < -0.39 is 12.1 Å². The monoisotopic (exact) mass is 409 g/mol. The van der Waals surface area contributed by atoms with Crippen LogP contribution in [0, 0.1) is 0 Å². The molecule has 0 aliphatic rings. The standard InChI is InChI=1S/C20H21Cl2NO4/c1-3-17(27-18-11-14(21)6-9-16(18)22)20(26)23-15-7-4-13(5-8-15)12(2)10-19(24)25/h4-9,11-12,17H,3,10H2,1-2H3,(H,23,26)(H,24,25). The third kappa shape index (κ3) is 6.15. The molecule has 5 nitrogen and oxygen atoms in total. The maximum atomic E-state index is 12.5. The number of hydrogen-bond acceptors (Lipinski definition) is 3. The minimum atomic E-state index is -0.845. The summed E-state index contributed by atoms with van der Waals surface area (Å²) in [6.07, 6.45) is -0.230. The van der Waals surface area contributed by atoms with E-state index in [-0.39, 0.29) is 18.2 Å². The number of amides is 1. The number of aliphatic carboxylic acids is 1. The quantitative estimate of drug-likeness (QED) is 0.614. The number of carboxylic acids is 1. The summed E-state index contributed by atoms with van der Waals surface area (Å²) in [6.45, 7) is 3.68. The van der Waals surface area contributed by atoms with Crippen LogP contribution in [0.25, 0.3) is 0 Å². The van der Waals surface area contributed by atoms with Crippen LogP contribution in [-0.4, -0.2) is 23.1 Å². The molecule has 2 aromatic rings. The molecule has 0 spiro atoms. The van der Waals surface area contributed by atoms with Gasteiger partial charge in [-0.15, -0.1) is 0 Å². The van der Waals surface area contributed by atoms with Crippen molar-refractivity contribution in [3.05, 3.63) is 58.1 Å². The Morgan fingerprint density at radius 2 is 1.81 bits per heavy atom. The number of carboxylic acid groups (broad SMARTS) is 1. The highest BCUT2D eigenvalue weighted by Crippen LogP contribution is 2.29. The number of carbonyl (C=O) groups excluding carboxylic acids is 1. The van der Waals surface area contributed by atoms with Crippen LogP contribution >= 0.6 is 23.2 Å². The fourth-order valence-corrected chi connectivity index (χ4v) is 2.86. The van der Waals surface area contributed by atoms with Crippen LogP contribution in [0.15, 0.2) is 42.5 Å². The van der Waals surface area contributed by atoms with E-state index >= 15 is 0 Å². The second-order valence-corrected chi connectivity index (χ2v) is 7.04. The zero-order valence-corrected chi connectivity index (χ0v) is 16.6. The lowest BCUT2D eigenvalue weighted by Crippen LogP contribution is -2.32. The van der Waals surface area contributed by atoms with Crippen molar-refractivity contribution in [3.8, 4) is 5.75 Å². The Labute approximate surface area is 168 Å². The summed E-state index contributed by atoms with van der Waals surface area (Å²) in [5, 5.41) is 12.5. The van der Waals surface area contributed by atoms with E-state index in [1.54, 1.807) is 42.5 Å². The number of halogens is 2. The second kappa shape index (κ2) is 9.62. The number of anilines is 1. The van der Waals surface area contributed by atoms with Crippen LogP contribution in [0.4, 0.5) is 5.69 Å². The van der Waals surface area contributed by atoms with Gasteiger partial charge in [0.25, 0.3) is 5.91 Å². The molecule has 2 rings (SSSR count). The molecule has 2 N–H and O–H groups in total. The van der Waals surface area contributed by atoms with E-state index in [0.29, 0.717) is 27.9 Å². The van der Waals surface area contributed by atoms with Gasteiger partial charge >= 0.3 is 5.97 Å². The Hall–Kier alpha value is -2.24. The van der Waals surface area contributed by atoms with Crippen molar-refractivity contribution < 1.29 is 19.4 Å². The van der Waals surface area contributed by atoms with Gasteiger partial charge in [-0.3, -0.25) is 9.59 Å². The van der Waals surface area contributed by atoms with Gasteiger partial charge in [0.15, 0.2) is 6.10 Å². The first-order valence-electron chi connectivity index (χ1n) is 8.54. The molecule has 7 heteroatoms. The smallest absolute Gasteiger partial charge is 0.303 e. The fourth-order valence-electron chi connectivity index (χ4n) is 2.54. The highest BCUT2D eigenvalue weighted by atomic mass is 35.5. The number of nitrogens with one attached hydrogen (secondary N) is 1. The average Bonchev–Trinajstić information content (AvgIpc) is 2.62. The predicted octanol–water partition coefficient (Wildman–Crippen LogP) is 5.37. The molecular weight excluding hydrogens is 389 g/mol. The Kier molecular flexibility index (Phi) is 7.51. The first kappa shape index (κ1) is 21.1. The molecular formula is C20H21Cl2NO4. The number of carbonyl (C=O) groups is 2. The highest BCUT2D eigenvalue weighted by molar-refractivity contribution is 6.34. The predicted molar refractivity (Wildman–Crippen MR) is 107 cm³/mol. The lowest BCUT2D eigenvalue weighted by atomic mass is 9.98. The molecule has 0 fully saturated rings. The summed E-state index contributed by atoms with van der Waals surface area (Å²) in [6, 6.07) is 11.9. The largest absolute Gasteiger partial charge is 0.481 e. The van der Waals surface area contributed by atoms with E-state index in [0.717, 1.165) is 5.56 Å². The van der Waals surface area contributed by atoms with Crippen LogP contribution in [0.3, 0.4) is 0 Å². The molecule has 0 bridgehead atoms. The molecule has 0 aliphatic heterocycles. The minimum absolute atomic E-state index is 0.0534. The maximum Gasteiger partial charge on any atom is 0.303 e. The second-order valence-electron chi connectivity index (χ2n) is 6.20. The molecule has 0 saturated carbocycles. The zero-order valence-electron chi connectivity index (χ0n) is 15.0. The molecule has 2 atom stereocenters. The van der Waals surface area contributed by atoms with Crippen LogP contribution in [-0.2, 0) is 9.59 Å². The van der Waals surface area contributed by atoms with Gasteiger partial charge in [-0.1, -0.05) is 49.2 Å². The molecule has 2 aromatic carbocycles. The number of hydrogen-bond donors (Lipinski definition) is 2. The first-order valence-corrected chi connectivity index (χ1v) is 9.30. The van der Waals surface area contributed by atoms with Crippen molar-refractivity contribution in [2.45, 2.75) is 38.7 Å². The molecule has 0 radical (unpaired) electrons. The van der Waals surface area contributed by atoms with Gasteiger partial charge in [0.05, 0.1) is 11.4 Å². The fraction of sp³-hybridized carbons (Fsp3) is 0.300. The third-order valence-corrected chi connectivity index (χ3v) is 4.60. The molecule has 0 heterocycles. The van der Waals surface area contributed by atoms with E-state index in [4.69, 9.17) is 33.0 Å². The van der Waals surface area contributed by atoms with Crippen LogP contribution in [0.5, 0.6) is 5.75 Å². The van der Waals surface area contributed by atoms with Gasteiger partial charge < -0.3 is 15.2 Å². The van der Waals surface area contributed by atoms with E-state index in [2.05, 4.69) is 5.32 Å². The lowest BCUT2D eigenvalue weighted by Gasteiger charge is -2.18. The van der Waals surface area contributed by atoms with E-state index in [1.165, 1.54) is 0 Å². The third-order valence-electron chi connectivity index (χ3n) is 4.05. The van der Waals surface area contributed by atoms with Crippen molar-refractivity contribution in [2.24, 2.45) is 0 Å². The Bertz CT molecular complexity index is 808. The van der Waals surface area contributed by atoms with Crippen molar-refractivity contribution in [3.63, 3.8) is 0 Å². The average molecular weight is 410 g/mol. The maximum absolute atomic E-state index is 12.5. The molecule has 2 unspecified atom stereocenters. The topological polar surface area (TPSA) is 75.6 Å². The van der Waals surface area contributed by atoms with Crippen LogP contribution in [0.1, 0.15) is 38.2 Å².